The minimum atomic E-state index is -0.142. The lowest BCUT2D eigenvalue weighted by Gasteiger charge is -2.08. The van der Waals surface area contributed by atoms with Crippen LogP contribution in [0.4, 0.5) is 5.69 Å². The lowest BCUT2D eigenvalue weighted by atomic mass is 10.1. The lowest BCUT2D eigenvalue weighted by molar-refractivity contribution is -0.115. The SMILES string of the molecule is Cc1ccc(NC(=O)Cc2ccc(O)cc2)c(Cl)c1. The van der Waals surface area contributed by atoms with Crippen LogP contribution in [0, 0.1) is 6.92 Å². The highest BCUT2D eigenvalue weighted by atomic mass is 35.5. The molecule has 2 aromatic carbocycles. The van der Waals surface area contributed by atoms with Gasteiger partial charge in [-0.2, -0.15) is 0 Å². The standard InChI is InChI=1S/C15H14ClNO2/c1-10-2-7-14(13(16)8-10)17-15(19)9-11-3-5-12(18)6-4-11/h2-8,18H,9H2,1H3,(H,17,19). The fourth-order valence-corrected chi connectivity index (χ4v) is 2.00. The first-order valence-corrected chi connectivity index (χ1v) is 6.26. The van der Waals surface area contributed by atoms with E-state index >= 15 is 0 Å². The van der Waals surface area contributed by atoms with Gasteiger partial charge in [0.05, 0.1) is 17.1 Å². The number of carbonyl (C=O) groups is 1. The summed E-state index contributed by atoms with van der Waals surface area (Å²) in [5.41, 5.74) is 2.48. The van der Waals surface area contributed by atoms with Crippen LogP contribution in [0.25, 0.3) is 0 Å². The number of phenolic OH excluding ortho intramolecular Hbond substituents is 1. The molecular formula is C15H14ClNO2. The van der Waals surface area contributed by atoms with Crippen LogP contribution in [-0.2, 0) is 11.2 Å². The molecule has 2 N–H and O–H groups in total. The van der Waals surface area contributed by atoms with E-state index < -0.39 is 0 Å². The number of halogens is 1. The van der Waals surface area contributed by atoms with E-state index in [0.29, 0.717) is 10.7 Å². The third-order valence-corrected chi connectivity index (χ3v) is 3.01. The van der Waals surface area contributed by atoms with Gasteiger partial charge in [-0.1, -0.05) is 29.8 Å². The average Bonchev–Trinajstić information content (AvgIpc) is 2.36. The van der Waals surface area contributed by atoms with E-state index in [1.165, 1.54) is 0 Å². The number of rotatable bonds is 3. The van der Waals surface area contributed by atoms with Crippen molar-refractivity contribution in [3.63, 3.8) is 0 Å². The Balaban J connectivity index is 2.03. The molecule has 0 aliphatic rings. The lowest BCUT2D eigenvalue weighted by Crippen LogP contribution is -2.14. The van der Waals surface area contributed by atoms with Crippen LogP contribution in [0.3, 0.4) is 0 Å². The zero-order valence-electron chi connectivity index (χ0n) is 10.5. The number of hydrogen-bond donors (Lipinski definition) is 2. The van der Waals surface area contributed by atoms with Crippen LogP contribution in [-0.4, -0.2) is 11.0 Å². The number of amides is 1. The maximum Gasteiger partial charge on any atom is 0.228 e. The van der Waals surface area contributed by atoms with Gasteiger partial charge in [-0.25, -0.2) is 0 Å². The van der Waals surface area contributed by atoms with Gasteiger partial charge in [0.15, 0.2) is 0 Å². The molecule has 0 aromatic heterocycles. The Labute approximate surface area is 116 Å². The summed E-state index contributed by atoms with van der Waals surface area (Å²) in [6.45, 7) is 1.94. The maximum atomic E-state index is 11.9. The van der Waals surface area contributed by atoms with Crippen LogP contribution >= 0.6 is 11.6 Å². The van der Waals surface area contributed by atoms with Gasteiger partial charge in [-0.3, -0.25) is 4.79 Å². The molecule has 0 aliphatic carbocycles. The molecule has 19 heavy (non-hydrogen) atoms. The fourth-order valence-electron chi connectivity index (χ4n) is 1.72. The molecule has 0 bridgehead atoms. The molecular weight excluding hydrogens is 262 g/mol. The quantitative estimate of drug-likeness (QED) is 0.900. The molecule has 1 amide bonds. The maximum absolute atomic E-state index is 11.9. The molecule has 2 aromatic rings. The average molecular weight is 276 g/mol. The van der Waals surface area contributed by atoms with Crippen molar-refractivity contribution < 1.29 is 9.90 Å². The third-order valence-electron chi connectivity index (χ3n) is 2.70. The highest BCUT2D eigenvalue weighted by molar-refractivity contribution is 6.33. The molecule has 0 atom stereocenters. The van der Waals surface area contributed by atoms with Crippen LogP contribution in [0.1, 0.15) is 11.1 Å². The van der Waals surface area contributed by atoms with Crippen molar-refractivity contribution in [2.24, 2.45) is 0 Å². The van der Waals surface area contributed by atoms with E-state index in [9.17, 15) is 9.90 Å². The van der Waals surface area contributed by atoms with Crippen molar-refractivity contribution in [1.82, 2.24) is 0 Å². The Hall–Kier alpha value is -2.00. The zero-order chi connectivity index (χ0) is 13.8. The molecule has 0 spiro atoms. The molecule has 4 heteroatoms. The second-order valence-electron chi connectivity index (χ2n) is 4.37. The first-order chi connectivity index (χ1) is 9.04. The Kier molecular flexibility index (Phi) is 4.07. The van der Waals surface area contributed by atoms with E-state index in [2.05, 4.69) is 5.32 Å². The van der Waals surface area contributed by atoms with E-state index in [0.717, 1.165) is 11.1 Å². The van der Waals surface area contributed by atoms with Gasteiger partial charge in [0.2, 0.25) is 5.91 Å². The normalized spacial score (nSPS) is 10.2. The van der Waals surface area contributed by atoms with Crippen molar-refractivity contribution in [1.29, 1.82) is 0 Å². The van der Waals surface area contributed by atoms with E-state index in [-0.39, 0.29) is 18.1 Å². The molecule has 0 heterocycles. The third kappa shape index (κ3) is 3.73. The number of nitrogens with one attached hydrogen (secondary N) is 1. The van der Waals surface area contributed by atoms with Gasteiger partial charge in [-0.05, 0) is 42.3 Å². The second-order valence-corrected chi connectivity index (χ2v) is 4.78. The van der Waals surface area contributed by atoms with E-state index in [1.807, 2.05) is 13.0 Å². The molecule has 2 rings (SSSR count). The summed E-state index contributed by atoms with van der Waals surface area (Å²) in [6, 6.07) is 12.0. The highest BCUT2D eigenvalue weighted by Crippen LogP contribution is 2.22. The summed E-state index contributed by atoms with van der Waals surface area (Å²) in [7, 11) is 0. The Bertz CT molecular complexity index is 594. The Morgan fingerprint density at radius 2 is 1.89 bits per heavy atom. The molecule has 0 saturated heterocycles. The monoisotopic (exact) mass is 275 g/mol. The summed E-state index contributed by atoms with van der Waals surface area (Å²) >= 11 is 6.05. The molecule has 0 fully saturated rings. The van der Waals surface area contributed by atoms with Gasteiger partial charge < -0.3 is 10.4 Å². The van der Waals surface area contributed by atoms with Crippen molar-refractivity contribution in [3.8, 4) is 5.75 Å². The van der Waals surface area contributed by atoms with Crippen molar-refractivity contribution in [2.45, 2.75) is 13.3 Å². The van der Waals surface area contributed by atoms with Crippen LogP contribution < -0.4 is 5.32 Å². The van der Waals surface area contributed by atoms with Crippen LogP contribution in [0.2, 0.25) is 5.02 Å². The number of benzene rings is 2. The summed E-state index contributed by atoms with van der Waals surface area (Å²) in [5.74, 6) is 0.0437. The fraction of sp³-hybridized carbons (Fsp3) is 0.133. The van der Waals surface area contributed by atoms with Gasteiger partial charge >= 0.3 is 0 Å². The van der Waals surface area contributed by atoms with E-state index in [1.54, 1.807) is 36.4 Å². The summed E-state index contributed by atoms with van der Waals surface area (Å²) in [5, 5.41) is 12.5. The minimum absolute atomic E-state index is 0.142. The first kappa shape index (κ1) is 13.4. The molecule has 0 unspecified atom stereocenters. The first-order valence-electron chi connectivity index (χ1n) is 5.88. The number of aryl methyl sites for hydroxylation is 1. The predicted molar refractivity (Wildman–Crippen MR) is 76.6 cm³/mol. The van der Waals surface area contributed by atoms with E-state index in [4.69, 9.17) is 11.6 Å². The van der Waals surface area contributed by atoms with Crippen LogP contribution in [0.5, 0.6) is 5.75 Å². The second kappa shape index (κ2) is 5.76. The Morgan fingerprint density at radius 1 is 1.21 bits per heavy atom. The number of phenols is 1. The predicted octanol–water partition coefficient (Wildman–Crippen LogP) is 3.54. The highest BCUT2D eigenvalue weighted by Gasteiger charge is 2.07. The van der Waals surface area contributed by atoms with Crippen molar-refractivity contribution in [2.75, 3.05) is 5.32 Å². The number of carbonyl (C=O) groups excluding carboxylic acids is 1. The number of hydrogen-bond acceptors (Lipinski definition) is 2. The van der Waals surface area contributed by atoms with Gasteiger partial charge in [-0.15, -0.1) is 0 Å². The molecule has 98 valence electrons. The smallest absolute Gasteiger partial charge is 0.228 e. The molecule has 0 radical (unpaired) electrons. The van der Waals surface area contributed by atoms with Gasteiger partial charge in [0.25, 0.3) is 0 Å². The molecule has 3 nitrogen and oxygen atoms in total. The topological polar surface area (TPSA) is 49.3 Å². The summed E-state index contributed by atoms with van der Waals surface area (Å²) < 4.78 is 0. The minimum Gasteiger partial charge on any atom is -0.508 e. The van der Waals surface area contributed by atoms with Crippen molar-refractivity contribution >= 4 is 23.2 Å². The van der Waals surface area contributed by atoms with Gasteiger partial charge in [0.1, 0.15) is 5.75 Å². The zero-order valence-corrected chi connectivity index (χ0v) is 11.2. The molecule has 0 aliphatic heterocycles. The Morgan fingerprint density at radius 3 is 2.53 bits per heavy atom. The summed E-state index contributed by atoms with van der Waals surface area (Å²) in [6.07, 6.45) is 0.241. The summed E-state index contributed by atoms with van der Waals surface area (Å²) in [4.78, 5) is 11.9. The largest absolute Gasteiger partial charge is 0.508 e. The van der Waals surface area contributed by atoms with Crippen molar-refractivity contribution in [3.05, 3.63) is 58.6 Å². The number of anilines is 1. The van der Waals surface area contributed by atoms with Gasteiger partial charge in [0, 0.05) is 0 Å². The van der Waals surface area contributed by atoms with Crippen LogP contribution in [0.15, 0.2) is 42.5 Å². The molecule has 0 saturated carbocycles. The number of aromatic hydroxyl groups is 1.